The van der Waals surface area contributed by atoms with E-state index in [1.807, 2.05) is 0 Å². The maximum Gasteiger partial charge on any atom is 0.218 e. The zero-order chi connectivity index (χ0) is 6.97. The van der Waals surface area contributed by atoms with Gasteiger partial charge < -0.3 is 10.2 Å². The summed E-state index contributed by atoms with van der Waals surface area (Å²) >= 11 is 0. The quantitative estimate of drug-likeness (QED) is 0.580. The lowest BCUT2D eigenvalue weighted by atomic mass is 10.5. The molecule has 0 fully saturated rings. The summed E-state index contributed by atoms with van der Waals surface area (Å²) in [6.07, 6.45) is 4.66. The smallest absolute Gasteiger partial charge is 0.218 e. The largest absolute Gasteiger partial charge is 0.444 e. The fourth-order valence-electron chi connectivity index (χ4n) is 0.800. The molecule has 2 aromatic heterocycles. The average Bonchev–Trinajstić information content (AvgIpc) is 2.34. The fourth-order valence-corrected chi connectivity index (χ4v) is 0.800. The van der Waals surface area contributed by atoms with Crippen LogP contribution in [0.3, 0.4) is 0 Å². The van der Waals surface area contributed by atoms with Crippen LogP contribution < -0.4 is 5.73 Å². The van der Waals surface area contributed by atoms with Gasteiger partial charge in [-0.2, -0.15) is 0 Å². The predicted molar refractivity (Wildman–Crippen MR) is 36.2 cm³/mol. The van der Waals surface area contributed by atoms with E-state index in [-0.39, 0.29) is 0 Å². The van der Waals surface area contributed by atoms with Crippen molar-refractivity contribution in [2.45, 2.75) is 0 Å². The molecule has 2 aromatic rings. The van der Waals surface area contributed by atoms with Crippen LogP contribution in [0.5, 0.6) is 0 Å². The van der Waals surface area contributed by atoms with Gasteiger partial charge in [0.05, 0.1) is 0 Å². The van der Waals surface area contributed by atoms with Crippen LogP contribution in [0.1, 0.15) is 0 Å². The minimum Gasteiger partial charge on any atom is -0.444 e. The Labute approximate surface area is 56.7 Å². The highest BCUT2D eigenvalue weighted by molar-refractivity contribution is 5.82. The number of fused-ring (bicyclic) bond motifs is 1. The van der Waals surface area contributed by atoms with Crippen molar-refractivity contribution in [1.29, 1.82) is 0 Å². The van der Waals surface area contributed by atoms with Crippen LogP contribution in [-0.4, -0.2) is 9.97 Å². The Morgan fingerprint density at radius 1 is 1.30 bits per heavy atom. The summed E-state index contributed by atoms with van der Waals surface area (Å²) in [5.41, 5.74) is 6.73. The number of nitrogen functional groups attached to an aromatic ring is 1. The lowest BCUT2D eigenvalue weighted by Crippen LogP contribution is -1.83. The maximum absolute atomic E-state index is 5.41. The lowest BCUT2D eigenvalue weighted by molar-refractivity contribution is 0.591. The Bertz CT molecular complexity index is 355. The lowest BCUT2D eigenvalue weighted by Gasteiger charge is -1.83. The van der Waals surface area contributed by atoms with Crippen LogP contribution in [0, 0.1) is 0 Å². The van der Waals surface area contributed by atoms with Crippen molar-refractivity contribution in [2.75, 3.05) is 5.73 Å². The number of nitrogens with zero attached hydrogens (tertiary/aromatic N) is 2. The van der Waals surface area contributed by atoms with Gasteiger partial charge in [-0.3, -0.25) is 0 Å². The number of aromatic nitrogens is 2. The molecular formula is C6H5N3O. The molecule has 50 valence electrons. The van der Waals surface area contributed by atoms with Crippen molar-refractivity contribution in [1.82, 2.24) is 9.97 Å². The first kappa shape index (κ1) is 5.22. The average molecular weight is 135 g/mol. The highest BCUT2D eigenvalue weighted by Crippen LogP contribution is 2.16. The van der Waals surface area contributed by atoms with E-state index in [0.717, 1.165) is 0 Å². The normalized spacial score (nSPS) is 10.4. The molecular weight excluding hydrogens is 130 g/mol. The molecule has 0 atom stereocenters. The van der Waals surface area contributed by atoms with Crippen LogP contribution >= 0.6 is 0 Å². The van der Waals surface area contributed by atoms with Gasteiger partial charge >= 0.3 is 0 Å². The molecule has 0 aliphatic rings. The summed E-state index contributed by atoms with van der Waals surface area (Å²) in [6, 6.07) is 0. The van der Waals surface area contributed by atoms with E-state index in [1.165, 1.54) is 6.26 Å². The van der Waals surface area contributed by atoms with Gasteiger partial charge in [-0.1, -0.05) is 0 Å². The highest BCUT2D eigenvalue weighted by Gasteiger charge is 2.01. The third-order valence-electron chi connectivity index (χ3n) is 1.26. The molecule has 2 rings (SSSR count). The number of rotatable bonds is 0. The van der Waals surface area contributed by atoms with Crippen molar-refractivity contribution < 1.29 is 4.42 Å². The van der Waals surface area contributed by atoms with Gasteiger partial charge in [-0.05, 0) is 0 Å². The van der Waals surface area contributed by atoms with E-state index in [9.17, 15) is 0 Å². The van der Waals surface area contributed by atoms with Gasteiger partial charge in [0.2, 0.25) is 5.88 Å². The minimum absolute atomic E-state index is 0.322. The SMILES string of the molecule is Nc1occ2nccnc12. The van der Waals surface area contributed by atoms with Crippen molar-refractivity contribution in [3.8, 4) is 0 Å². The molecule has 0 amide bonds. The topological polar surface area (TPSA) is 64.9 Å². The zero-order valence-corrected chi connectivity index (χ0v) is 5.11. The molecule has 0 radical (unpaired) electrons. The maximum atomic E-state index is 5.41. The van der Waals surface area contributed by atoms with E-state index in [1.54, 1.807) is 12.4 Å². The standard InChI is InChI=1S/C6H5N3O/c7-6-5-4(3-10-6)8-1-2-9-5/h1-3H,7H2. The molecule has 0 spiro atoms. The van der Waals surface area contributed by atoms with Gasteiger partial charge in [0.25, 0.3) is 0 Å². The van der Waals surface area contributed by atoms with Crippen molar-refractivity contribution >= 4 is 16.9 Å². The molecule has 0 aromatic carbocycles. The van der Waals surface area contributed by atoms with Gasteiger partial charge in [0.1, 0.15) is 11.8 Å². The number of furan rings is 1. The molecule has 2 N–H and O–H groups in total. The number of hydrogen-bond donors (Lipinski definition) is 1. The Kier molecular flexibility index (Phi) is 0.887. The van der Waals surface area contributed by atoms with Crippen LogP contribution in [-0.2, 0) is 0 Å². The molecule has 0 aliphatic carbocycles. The molecule has 0 aliphatic heterocycles. The second kappa shape index (κ2) is 1.70. The van der Waals surface area contributed by atoms with Gasteiger partial charge in [-0.25, -0.2) is 9.97 Å². The van der Waals surface area contributed by atoms with E-state index in [4.69, 9.17) is 10.2 Å². The Hall–Kier alpha value is -1.58. The van der Waals surface area contributed by atoms with Crippen molar-refractivity contribution in [2.24, 2.45) is 0 Å². The van der Waals surface area contributed by atoms with E-state index < -0.39 is 0 Å². The number of anilines is 1. The third kappa shape index (κ3) is 0.556. The van der Waals surface area contributed by atoms with Crippen LogP contribution in [0.15, 0.2) is 23.1 Å². The first-order valence-electron chi connectivity index (χ1n) is 2.81. The summed E-state index contributed by atoms with van der Waals surface area (Å²) in [6.45, 7) is 0. The number of hydrogen-bond acceptors (Lipinski definition) is 4. The second-order valence-corrected chi connectivity index (χ2v) is 1.89. The first-order chi connectivity index (χ1) is 4.88. The summed E-state index contributed by atoms with van der Waals surface area (Å²) in [5, 5.41) is 0. The molecule has 0 bridgehead atoms. The van der Waals surface area contributed by atoms with Crippen LogP contribution in [0.2, 0.25) is 0 Å². The summed E-state index contributed by atoms with van der Waals surface area (Å²) in [4.78, 5) is 7.93. The van der Waals surface area contributed by atoms with Crippen molar-refractivity contribution in [3.05, 3.63) is 18.7 Å². The Morgan fingerprint density at radius 2 is 2.10 bits per heavy atom. The summed E-state index contributed by atoms with van der Waals surface area (Å²) < 4.78 is 4.87. The van der Waals surface area contributed by atoms with Crippen LogP contribution in [0.4, 0.5) is 5.88 Å². The van der Waals surface area contributed by atoms with Gasteiger partial charge in [0, 0.05) is 12.4 Å². The molecule has 0 saturated heterocycles. The molecule has 2 heterocycles. The predicted octanol–water partition coefficient (Wildman–Crippen LogP) is 0.805. The summed E-state index contributed by atoms with van der Waals surface area (Å²) in [5.74, 6) is 0.322. The first-order valence-corrected chi connectivity index (χ1v) is 2.81. The molecule has 4 heteroatoms. The Balaban J connectivity index is 2.93. The minimum atomic E-state index is 0.322. The van der Waals surface area contributed by atoms with Crippen LogP contribution in [0.25, 0.3) is 11.0 Å². The highest BCUT2D eigenvalue weighted by atomic mass is 16.3. The van der Waals surface area contributed by atoms with Gasteiger partial charge in [0.15, 0.2) is 5.52 Å². The van der Waals surface area contributed by atoms with Gasteiger partial charge in [-0.15, -0.1) is 0 Å². The van der Waals surface area contributed by atoms with Crippen molar-refractivity contribution in [3.63, 3.8) is 0 Å². The molecule has 0 unspecified atom stereocenters. The molecule has 0 saturated carbocycles. The summed E-state index contributed by atoms with van der Waals surface area (Å²) in [7, 11) is 0. The molecule has 10 heavy (non-hydrogen) atoms. The fraction of sp³-hybridized carbons (Fsp3) is 0. The van der Waals surface area contributed by atoms with E-state index in [2.05, 4.69) is 9.97 Å². The van der Waals surface area contributed by atoms with E-state index in [0.29, 0.717) is 16.9 Å². The number of nitrogens with two attached hydrogens (primary N) is 1. The molecule has 4 nitrogen and oxygen atoms in total. The Morgan fingerprint density at radius 3 is 2.90 bits per heavy atom. The second-order valence-electron chi connectivity index (χ2n) is 1.89. The van der Waals surface area contributed by atoms with E-state index >= 15 is 0 Å². The zero-order valence-electron chi connectivity index (χ0n) is 5.11. The third-order valence-corrected chi connectivity index (χ3v) is 1.26. The monoisotopic (exact) mass is 135 g/mol.